The number of aryl methyl sites for hydroxylation is 1. The zero-order chi connectivity index (χ0) is 13.9. The van der Waals surface area contributed by atoms with Gasteiger partial charge < -0.3 is 10.6 Å². The van der Waals surface area contributed by atoms with E-state index in [1.807, 2.05) is 0 Å². The highest BCUT2D eigenvalue weighted by molar-refractivity contribution is 5.85. The molecule has 1 saturated carbocycles. The van der Waals surface area contributed by atoms with E-state index in [1.54, 1.807) is 0 Å². The quantitative estimate of drug-likeness (QED) is 0.840. The van der Waals surface area contributed by atoms with Crippen LogP contribution in [0, 0.1) is 12.8 Å². The maximum Gasteiger partial charge on any atom is 0.224 e. The van der Waals surface area contributed by atoms with E-state index in [0.29, 0.717) is 5.92 Å². The topological polar surface area (TPSA) is 41.1 Å². The fourth-order valence-electron chi connectivity index (χ4n) is 2.99. The zero-order valence-electron chi connectivity index (χ0n) is 12.4. The molecule has 2 atom stereocenters. The maximum atomic E-state index is 12.2. The van der Waals surface area contributed by atoms with Gasteiger partial charge in [0.05, 0.1) is 0 Å². The summed E-state index contributed by atoms with van der Waals surface area (Å²) in [5, 5.41) is 6.38. The number of nitrogens with one attached hydrogen (secondary N) is 2. The first kappa shape index (κ1) is 16.1. The molecule has 114 valence electrons. The summed E-state index contributed by atoms with van der Waals surface area (Å²) < 4.78 is 0. The second kappa shape index (κ2) is 7.10. The molecule has 3 rings (SSSR count). The van der Waals surface area contributed by atoms with Gasteiger partial charge in [-0.2, -0.15) is 0 Å². The highest BCUT2D eigenvalue weighted by Crippen LogP contribution is 2.48. The predicted molar refractivity (Wildman–Crippen MR) is 87.9 cm³/mol. The Hall–Kier alpha value is -1.32. The van der Waals surface area contributed by atoms with Gasteiger partial charge in [0.2, 0.25) is 5.91 Å². The molecular weight excluding hydrogens is 284 g/mol. The number of hydrogen-bond donors (Lipinski definition) is 2. The average Bonchev–Trinajstić information content (AvgIpc) is 3.27. The van der Waals surface area contributed by atoms with Crippen LogP contribution in [-0.4, -0.2) is 25.5 Å². The van der Waals surface area contributed by atoms with E-state index in [2.05, 4.69) is 47.9 Å². The summed E-state index contributed by atoms with van der Waals surface area (Å²) in [5.74, 6) is 0.828. The minimum Gasteiger partial charge on any atom is -0.352 e. The van der Waals surface area contributed by atoms with E-state index >= 15 is 0 Å². The maximum absolute atomic E-state index is 12.2. The largest absolute Gasteiger partial charge is 0.352 e. The van der Waals surface area contributed by atoms with Gasteiger partial charge in [0.15, 0.2) is 0 Å². The van der Waals surface area contributed by atoms with E-state index < -0.39 is 0 Å². The number of halogens is 1. The Morgan fingerprint density at radius 2 is 2.19 bits per heavy atom. The van der Waals surface area contributed by atoms with Crippen molar-refractivity contribution in [3.63, 3.8) is 0 Å². The van der Waals surface area contributed by atoms with Gasteiger partial charge in [0, 0.05) is 19.0 Å². The van der Waals surface area contributed by atoms with Crippen molar-refractivity contribution in [1.82, 2.24) is 10.6 Å². The minimum absolute atomic E-state index is 0. The highest BCUT2D eigenvalue weighted by Gasteiger charge is 2.44. The van der Waals surface area contributed by atoms with Crippen LogP contribution in [0.2, 0.25) is 0 Å². The Morgan fingerprint density at radius 1 is 1.38 bits per heavy atom. The van der Waals surface area contributed by atoms with Crippen LogP contribution in [0.15, 0.2) is 35.9 Å². The van der Waals surface area contributed by atoms with E-state index in [9.17, 15) is 4.79 Å². The Bertz CT molecular complexity index is 541. The molecule has 21 heavy (non-hydrogen) atoms. The number of carbonyl (C=O) groups is 1. The van der Waals surface area contributed by atoms with Crippen LogP contribution in [0.5, 0.6) is 0 Å². The summed E-state index contributed by atoms with van der Waals surface area (Å²) in [6, 6.07) is 8.40. The molecule has 1 aromatic carbocycles. The van der Waals surface area contributed by atoms with Crippen LogP contribution >= 0.6 is 12.4 Å². The monoisotopic (exact) mass is 306 g/mol. The molecule has 2 aliphatic rings. The van der Waals surface area contributed by atoms with Crippen molar-refractivity contribution >= 4 is 18.3 Å². The molecule has 0 aromatic heterocycles. The van der Waals surface area contributed by atoms with Gasteiger partial charge in [0.1, 0.15) is 0 Å². The van der Waals surface area contributed by atoms with Crippen LogP contribution < -0.4 is 10.6 Å². The number of hydrogen-bond acceptors (Lipinski definition) is 2. The molecule has 0 radical (unpaired) electrons. The molecule has 2 unspecified atom stereocenters. The molecule has 1 aliphatic heterocycles. The third kappa shape index (κ3) is 3.86. The molecule has 1 aliphatic carbocycles. The van der Waals surface area contributed by atoms with Gasteiger partial charge in [0.25, 0.3) is 0 Å². The summed E-state index contributed by atoms with van der Waals surface area (Å²) in [6.07, 6.45) is 4.24. The number of benzene rings is 1. The molecule has 2 N–H and O–H groups in total. The Morgan fingerprint density at radius 3 is 2.90 bits per heavy atom. The third-order valence-electron chi connectivity index (χ3n) is 4.36. The Labute approximate surface area is 132 Å². The Balaban J connectivity index is 0.00000161. The molecule has 0 bridgehead atoms. The lowest BCUT2D eigenvalue weighted by Gasteiger charge is -2.14. The van der Waals surface area contributed by atoms with Crippen molar-refractivity contribution in [2.45, 2.75) is 25.7 Å². The van der Waals surface area contributed by atoms with E-state index in [4.69, 9.17) is 0 Å². The third-order valence-corrected chi connectivity index (χ3v) is 4.36. The van der Waals surface area contributed by atoms with Gasteiger partial charge in [-0.05, 0) is 43.4 Å². The standard InChI is InChI=1S/C17H22N2O.ClH/c1-12-4-2-3-5-14(12)15-10-16(15)17(20)19-11-13-6-8-18-9-7-13;/h2-6,15-16,18H,7-11H2,1H3,(H,19,20);1H. The van der Waals surface area contributed by atoms with Crippen molar-refractivity contribution in [2.24, 2.45) is 5.92 Å². The van der Waals surface area contributed by atoms with Crippen LogP contribution in [0.25, 0.3) is 0 Å². The molecule has 3 nitrogen and oxygen atoms in total. The van der Waals surface area contributed by atoms with Crippen molar-refractivity contribution in [2.75, 3.05) is 19.6 Å². The van der Waals surface area contributed by atoms with Crippen molar-refractivity contribution in [1.29, 1.82) is 0 Å². The first-order valence-electron chi connectivity index (χ1n) is 7.47. The van der Waals surface area contributed by atoms with E-state index in [1.165, 1.54) is 16.7 Å². The fraction of sp³-hybridized carbons (Fsp3) is 0.471. The average molecular weight is 307 g/mol. The molecule has 0 spiro atoms. The number of amides is 1. The van der Waals surface area contributed by atoms with Crippen LogP contribution in [0.1, 0.15) is 29.9 Å². The van der Waals surface area contributed by atoms with E-state index in [-0.39, 0.29) is 24.2 Å². The van der Waals surface area contributed by atoms with Gasteiger partial charge in [-0.25, -0.2) is 0 Å². The van der Waals surface area contributed by atoms with Crippen molar-refractivity contribution in [3.05, 3.63) is 47.0 Å². The van der Waals surface area contributed by atoms with Gasteiger partial charge in [-0.15, -0.1) is 12.4 Å². The van der Waals surface area contributed by atoms with Crippen LogP contribution in [0.4, 0.5) is 0 Å². The van der Waals surface area contributed by atoms with Gasteiger partial charge >= 0.3 is 0 Å². The highest BCUT2D eigenvalue weighted by atomic mass is 35.5. The SMILES string of the molecule is Cc1ccccc1C1CC1C(=O)NCC1=CCNCC1.Cl. The van der Waals surface area contributed by atoms with Gasteiger partial charge in [-0.3, -0.25) is 4.79 Å². The normalized spacial score (nSPS) is 23.8. The number of carbonyl (C=O) groups excluding carboxylic acids is 1. The fourth-order valence-corrected chi connectivity index (χ4v) is 2.99. The number of rotatable bonds is 4. The van der Waals surface area contributed by atoms with Crippen LogP contribution in [0.3, 0.4) is 0 Å². The second-order valence-corrected chi connectivity index (χ2v) is 5.84. The summed E-state index contributed by atoms with van der Waals surface area (Å²) in [6.45, 7) is 4.80. The summed E-state index contributed by atoms with van der Waals surface area (Å²) in [4.78, 5) is 12.2. The molecule has 4 heteroatoms. The second-order valence-electron chi connectivity index (χ2n) is 5.84. The molecule has 0 saturated heterocycles. The molecule has 1 heterocycles. The first-order valence-corrected chi connectivity index (χ1v) is 7.47. The summed E-state index contributed by atoms with van der Waals surface area (Å²) >= 11 is 0. The van der Waals surface area contributed by atoms with Crippen molar-refractivity contribution in [3.8, 4) is 0 Å². The smallest absolute Gasteiger partial charge is 0.224 e. The lowest BCUT2D eigenvalue weighted by molar-refractivity contribution is -0.122. The van der Waals surface area contributed by atoms with Crippen molar-refractivity contribution < 1.29 is 4.79 Å². The zero-order valence-corrected chi connectivity index (χ0v) is 13.2. The van der Waals surface area contributed by atoms with E-state index in [0.717, 1.165) is 32.5 Å². The predicted octanol–water partition coefficient (Wildman–Crippen LogP) is 2.56. The lowest BCUT2D eigenvalue weighted by Crippen LogP contribution is -2.30. The lowest BCUT2D eigenvalue weighted by atomic mass is 10.0. The molecule has 1 amide bonds. The minimum atomic E-state index is 0. The molecule has 1 aromatic rings. The summed E-state index contributed by atoms with van der Waals surface area (Å²) in [5.41, 5.74) is 3.99. The summed E-state index contributed by atoms with van der Waals surface area (Å²) in [7, 11) is 0. The van der Waals surface area contributed by atoms with Crippen LogP contribution in [-0.2, 0) is 4.79 Å². The Kier molecular flexibility index (Phi) is 5.43. The molecular formula is C17H23ClN2O. The molecule has 1 fully saturated rings. The van der Waals surface area contributed by atoms with Gasteiger partial charge in [-0.1, -0.05) is 35.9 Å². The first-order chi connectivity index (χ1) is 9.75.